The SMILES string of the molecule is CCN1CCN(CCNC(=NC)N2CCN(c3ccccc3OC)CC2)CC1. The van der Waals surface area contributed by atoms with Crippen molar-refractivity contribution in [2.45, 2.75) is 6.92 Å². The highest BCUT2D eigenvalue weighted by atomic mass is 16.5. The van der Waals surface area contributed by atoms with Gasteiger partial charge in [0, 0.05) is 72.5 Å². The van der Waals surface area contributed by atoms with E-state index in [0.717, 1.165) is 51.0 Å². The minimum Gasteiger partial charge on any atom is -0.495 e. The number of hydrogen-bond donors (Lipinski definition) is 1. The van der Waals surface area contributed by atoms with Crippen molar-refractivity contribution in [3.8, 4) is 5.75 Å². The molecule has 0 radical (unpaired) electrons. The third-order valence-electron chi connectivity index (χ3n) is 5.84. The summed E-state index contributed by atoms with van der Waals surface area (Å²) in [5.41, 5.74) is 1.18. The summed E-state index contributed by atoms with van der Waals surface area (Å²) in [4.78, 5) is 14.3. The monoisotopic (exact) mass is 388 g/mol. The van der Waals surface area contributed by atoms with Crippen LogP contribution in [0.4, 0.5) is 5.69 Å². The molecule has 0 saturated carbocycles. The molecule has 0 aliphatic carbocycles. The van der Waals surface area contributed by atoms with Crippen molar-refractivity contribution >= 4 is 11.6 Å². The summed E-state index contributed by atoms with van der Waals surface area (Å²) in [7, 11) is 3.62. The lowest BCUT2D eigenvalue weighted by molar-refractivity contribution is 0.139. The number of para-hydroxylation sites is 2. The number of piperazine rings is 2. The number of nitrogens with one attached hydrogen (secondary N) is 1. The summed E-state index contributed by atoms with van der Waals surface area (Å²) < 4.78 is 5.52. The summed E-state index contributed by atoms with van der Waals surface area (Å²) in [6.07, 6.45) is 0. The van der Waals surface area contributed by atoms with Crippen LogP contribution < -0.4 is 15.0 Å². The van der Waals surface area contributed by atoms with Gasteiger partial charge in [-0.05, 0) is 18.7 Å². The van der Waals surface area contributed by atoms with Gasteiger partial charge in [-0.25, -0.2) is 0 Å². The first-order valence-corrected chi connectivity index (χ1v) is 10.5. The van der Waals surface area contributed by atoms with Gasteiger partial charge in [-0.1, -0.05) is 19.1 Å². The molecule has 0 amide bonds. The second-order valence-corrected chi connectivity index (χ2v) is 7.40. The highest BCUT2D eigenvalue weighted by Gasteiger charge is 2.22. The molecular weight excluding hydrogens is 352 g/mol. The lowest BCUT2D eigenvalue weighted by atomic mass is 10.2. The van der Waals surface area contributed by atoms with Crippen LogP contribution in [0, 0.1) is 0 Å². The molecule has 1 aromatic carbocycles. The minimum atomic E-state index is 0.946. The molecule has 2 aliphatic rings. The summed E-state index contributed by atoms with van der Waals surface area (Å²) in [5, 5.41) is 3.57. The van der Waals surface area contributed by atoms with Gasteiger partial charge in [-0.2, -0.15) is 0 Å². The quantitative estimate of drug-likeness (QED) is 0.580. The Morgan fingerprint density at radius 2 is 1.68 bits per heavy atom. The molecule has 156 valence electrons. The van der Waals surface area contributed by atoms with Crippen molar-refractivity contribution < 1.29 is 4.74 Å². The third kappa shape index (κ3) is 5.29. The van der Waals surface area contributed by atoms with Crippen molar-refractivity contribution in [1.29, 1.82) is 0 Å². The van der Waals surface area contributed by atoms with Gasteiger partial charge in [-0.15, -0.1) is 0 Å². The predicted molar refractivity (Wildman–Crippen MR) is 117 cm³/mol. The molecule has 0 aromatic heterocycles. The van der Waals surface area contributed by atoms with Crippen LogP contribution in [0.3, 0.4) is 0 Å². The lowest BCUT2D eigenvalue weighted by Gasteiger charge is -2.38. The zero-order chi connectivity index (χ0) is 19.8. The van der Waals surface area contributed by atoms with Gasteiger partial charge >= 0.3 is 0 Å². The lowest BCUT2D eigenvalue weighted by Crippen LogP contribution is -2.54. The van der Waals surface area contributed by atoms with Crippen molar-refractivity contribution in [1.82, 2.24) is 20.0 Å². The molecule has 0 spiro atoms. The molecule has 3 rings (SSSR count). The molecule has 2 fully saturated rings. The Kier molecular flexibility index (Phi) is 7.80. The molecule has 7 nitrogen and oxygen atoms in total. The molecule has 1 aromatic rings. The summed E-state index contributed by atoms with van der Waals surface area (Å²) >= 11 is 0. The minimum absolute atomic E-state index is 0.946. The van der Waals surface area contributed by atoms with Gasteiger partial charge in [0.25, 0.3) is 0 Å². The van der Waals surface area contributed by atoms with Crippen LogP contribution in [0.1, 0.15) is 6.92 Å². The van der Waals surface area contributed by atoms with Gasteiger partial charge in [0.05, 0.1) is 12.8 Å². The highest BCUT2D eigenvalue weighted by molar-refractivity contribution is 5.80. The number of nitrogens with zero attached hydrogens (tertiary/aromatic N) is 5. The summed E-state index contributed by atoms with van der Waals surface area (Å²) in [5.74, 6) is 1.97. The molecule has 0 bridgehead atoms. The molecule has 7 heteroatoms. The molecule has 0 unspecified atom stereocenters. The second kappa shape index (κ2) is 10.5. The number of hydrogen-bond acceptors (Lipinski definition) is 5. The van der Waals surface area contributed by atoms with E-state index in [4.69, 9.17) is 4.74 Å². The van der Waals surface area contributed by atoms with E-state index < -0.39 is 0 Å². The molecule has 2 aliphatic heterocycles. The number of likely N-dealkylation sites (N-methyl/N-ethyl adjacent to an activating group) is 1. The third-order valence-corrected chi connectivity index (χ3v) is 5.84. The van der Waals surface area contributed by atoms with Gasteiger partial charge in [0.1, 0.15) is 5.75 Å². The number of ether oxygens (including phenoxy) is 1. The Morgan fingerprint density at radius 1 is 1.00 bits per heavy atom. The fourth-order valence-electron chi connectivity index (χ4n) is 4.04. The van der Waals surface area contributed by atoms with E-state index in [-0.39, 0.29) is 0 Å². The highest BCUT2D eigenvalue weighted by Crippen LogP contribution is 2.28. The number of anilines is 1. The average molecular weight is 389 g/mol. The first-order valence-electron chi connectivity index (χ1n) is 10.5. The largest absolute Gasteiger partial charge is 0.495 e. The van der Waals surface area contributed by atoms with E-state index in [9.17, 15) is 0 Å². The summed E-state index contributed by atoms with van der Waals surface area (Å²) in [6, 6.07) is 8.26. The van der Waals surface area contributed by atoms with E-state index in [2.05, 4.69) is 49.0 Å². The van der Waals surface area contributed by atoms with Crippen LogP contribution >= 0.6 is 0 Å². The molecule has 1 N–H and O–H groups in total. The van der Waals surface area contributed by atoms with Gasteiger partial charge in [-0.3, -0.25) is 9.89 Å². The van der Waals surface area contributed by atoms with Crippen LogP contribution in [0.5, 0.6) is 5.75 Å². The van der Waals surface area contributed by atoms with E-state index in [1.807, 2.05) is 19.2 Å². The van der Waals surface area contributed by atoms with Crippen molar-refractivity contribution in [2.75, 3.05) is 91.0 Å². The van der Waals surface area contributed by atoms with Crippen molar-refractivity contribution in [3.63, 3.8) is 0 Å². The zero-order valence-corrected chi connectivity index (χ0v) is 17.7. The predicted octanol–water partition coefficient (Wildman–Crippen LogP) is 1.03. The standard InChI is InChI=1S/C21H36N6O/c1-4-24-11-13-25(14-12-24)10-9-23-21(22-2)27-17-15-26(16-18-27)19-7-5-6-8-20(19)28-3/h5-8H,4,9-18H2,1-3H3,(H,22,23). The number of rotatable bonds is 6. The number of aliphatic imine (C=N–C) groups is 1. The van der Waals surface area contributed by atoms with Gasteiger partial charge < -0.3 is 24.8 Å². The normalized spacial score (nSPS) is 19.8. The van der Waals surface area contributed by atoms with Crippen molar-refractivity contribution in [3.05, 3.63) is 24.3 Å². The van der Waals surface area contributed by atoms with E-state index in [1.165, 1.54) is 38.4 Å². The average Bonchev–Trinajstić information content (AvgIpc) is 2.77. The molecular formula is C21H36N6O. The van der Waals surface area contributed by atoms with Crippen LogP contribution in [0.15, 0.2) is 29.3 Å². The van der Waals surface area contributed by atoms with E-state index >= 15 is 0 Å². The Labute approximate surface area is 169 Å². The molecule has 0 atom stereocenters. The van der Waals surface area contributed by atoms with Crippen molar-refractivity contribution in [2.24, 2.45) is 4.99 Å². The van der Waals surface area contributed by atoms with E-state index in [1.54, 1.807) is 7.11 Å². The van der Waals surface area contributed by atoms with Gasteiger partial charge in [0.15, 0.2) is 5.96 Å². The van der Waals surface area contributed by atoms with Crippen LogP contribution in [0.2, 0.25) is 0 Å². The topological polar surface area (TPSA) is 46.6 Å². The molecule has 2 heterocycles. The fourth-order valence-corrected chi connectivity index (χ4v) is 4.04. The second-order valence-electron chi connectivity index (χ2n) is 7.40. The summed E-state index contributed by atoms with van der Waals surface area (Å²) in [6.45, 7) is 14.0. The number of guanidine groups is 1. The maximum Gasteiger partial charge on any atom is 0.193 e. The smallest absolute Gasteiger partial charge is 0.193 e. The number of methoxy groups -OCH3 is 1. The Balaban J connectivity index is 1.42. The zero-order valence-electron chi connectivity index (χ0n) is 17.7. The van der Waals surface area contributed by atoms with Crippen LogP contribution in [0.25, 0.3) is 0 Å². The Bertz CT molecular complexity index is 621. The van der Waals surface area contributed by atoms with Crippen LogP contribution in [-0.2, 0) is 0 Å². The first-order chi connectivity index (χ1) is 13.7. The molecule has 2 saturated heterocycles. The number of benzene rings is 1. The van der Waals surface area contributed by atoms with Gasteiger partial charge in [0.2, 0.25) is 0 Å². The fraction of sp³-hybridized carbons (Fsp3) is 0.667. The van der Waals surface area contributed by atoms with Crippen LogP contribution in [-0.4, -0.2) is 107 Å². The van der Waals surface area contributed by atoms with E-state index in [0.29, 0.717) is 0 Å². The maximum atomic E-state index is 5.52. The molecule has 28 heavy (non-hydrogen) atoms. The first kappa shape index (κ1) is 20.7. The maximum absolute atomic E-state index is 5.52. The Morgan fingerprint density at radius 3 is 2.32 bits per heavy atom. The Hall–Kier alpha value is -1.99.